The topological polar surface area (TPSA) is 61.6 Å². The number of hydrogen-bond donors (Lipinski definition) is 1. The normalized spacial score (nSPS) is 10.2. The zero-order valence-corrected chi connectivity index (χ0v) is 10.6. The van der Waals surface area contributed by atoms with Gasteiger partial charge in [0.2, 0.25) is 0 Å². The average molecular weight is 278 g/mol. The van der Waals surface area contributed by atoms with Crippen molar-refractivity contribution >= 4 is 11.5 Å². The van der Waals surface area contributed by atoms with Gasteiger partial charge in [0.05, 0.1) is 11.4 Å². The van der Waals surface area contributed by atoms with Gasteiger partial charge in [-0.15, -0.1) is 5.10 Å². The molecule has 1 aromatic carbocycles. The fraction of sp³-hybridized carbons (Fsp3) is 0.154. The van der Waals surface area contributed by atoms with Crippen molar-refractivity contribution in [3.8, 4) is 6.07 Å². The number of hydrogen-bond acceptors (Lipinski definition) is 4. The van der Waals surface area contributed by atoms with Crippen LogP contribution in [0.4, 0.5) is 24.7 Å². The highest BCUT2D eigenvalue weighted by atomic mass is 19.2. The lowest BCUT2D eigenvalue weighted by Gasteiger charge is -2.10. The monoisotopic (exact) mass is 278 g/mol. The van der Waals surface area contributed by atoms with Gasteiger partial charge in [0.15, 0.2) is 23.3 Å². The van der Waals surface area contributed by atoms with Gasteiger partial charge >= 0.3 is 0 Å². The van der Waals surface area contributed by atoms with Gasteiger partial charge in [-0.1, -0.05) is 0 Å². The van der Waals surface area contributed by atoms with Crippen molar-refractivity contribution in [3.63, 3.8) is 0 Å². The van der Waals surface area contributed by atoms with Gasteiger partial charge in [0.25, 0.3) is 0 Å². The molecule has 0 saturated carbocycles. The van der Waals surface area contributed by atoms with Gasteiger partial charge in [0, 0.05) is 0 Å². The molecule has 0 bridgehead atoms. The summed E-state index contributed by atoms with van der Waals surface area (Å²) in [6.45, 7) is 3.33. The molecular weight excluding hydrogens is 269 g/mol. The summed E-state index contributed by atoms with van der Waals surface area (Å²) in [4.78, 5) is 0. The van der Waals surface area contributed by atoms with Gasteiger partial charge in [-0.25, -0.2) is 13.2 Å². The molecule has 1 N–H and O–H groups in total. The van der Waals surface area contributed by atoms with Crippen molar-refractivity contribution in [1.82, 2.24) is 10.2 Å². The summed E-state index contributed by atoms with van der Waals surface area (Å²) >= 11 is 0. The van der Waals surface area contributed by atoms with Crippen LogP contribution >= 0.6 is 0 Å². The number of benzene rings is 1. The molecule has 20 heavy (non-hydrogen) atoms. The van der Waals surface area contributed by atoms with Crippen LogP contribution in [-0.2, 0) is 0 Å². The summed E-state index contributed by atoms with van der Waals surface area (Å²) < 4.78 is 39.5. The molecule has 7 heteroatoms. The van der Waals surface area contributed by atoms with Crippen molar-refractivity contribution in [3.05, 3.63) is 46.4 Å². The number of nitrogens with zero attached hydrogens (tertiary/aromatic N) is 3. The Morgan fingerprint density at radius 1 is 1.10 bits per heavy atom. The van der Waals surface area contributed by atoms with E-state index in [2.05, 4.69) is 15.5 Å². The van der Waals surface area contributed by atoms with Crippen LogP contribution in [0.2, 0.25) is 0 Å². The fourth-order valence-corrected chi connectivity index (χ4v) is 1.58. The van der Waals surface area contributed by atoms with Crippen molar-refractivity contribution < 1.29 is 13.2 Å². The number of nitriles is 1. The van der Waals surface area contributed by atoms with Crippen LogP contribution in [0, 0.1) is 42.6 Å². The Hall–Kier alpha value is -2.62. The van der Waals surface area contributed by atoms with Crippen molar-refractivity contribution in [1.29, 1.82) is 5.26 Å². The molecule has 2 rings (SSSR count). The van der Waals surface area contributed by atoms with Crippen molar-refractivity contribution in [2.24, 2.45) is 0 Å². The second kappa shape index (κ2) is 5.17. The summed E-state index contributed by atoms with van der Waals surface area (Å²) in [7, 11) is 0. The predicted molar refractivity (Wildman–Crippen MR) is 65.8 cm³/mol. The van der Waals surface area contributed by atoms with E-state index in [4.69, 9.17) is 5.26 Å². The molecule has 0 aliphatic rings. The van der Waals surface area contributed by atoms with Gasteiger partial charge in [-0.05, 0) is 31.5 Å². The molecule has 0 radical (unpaired) electrons. The zero-order valence-electron chi connectivity index (χ0n) is 10.6. The maximum atomic E-state index is 13.6. The van der Waals surface area contributed by atoms with Crippen molar-refractivity contribution in [2.75, 3.05) is 5.32 Å². The minimum absolute atomic E-state index is 0.0134. The standard InChI is InChI=1S/C13H9F3N4/c1-6-7(2)19-20-13(8(6)5-17)18-10-4-3-9(14)11(15)12(10)16/h3-4H,1-2H3,(H,18,20). The van der Waals surface area contributed by atoms with Crippen LogP contribution in [0.15, 0.2) is 12.1 Å². The first-order valence-electron chi connectivity index (χ1n) is 5.60. The zero-order chi connectivity index (χ0) is 14.9. The number of rotatable bonds is 2. The third kappa shape index (κ3) is 2.28. The largest absolute Gasteiger partial charge is 0.335 e. The van der Waals surface area contributed by atoms with E-state index in [1.165, 1.54) is 0 Å². The van der Waals surface area contributed by atoms with Crippen molar-refractivity contribution in [2.45, 2.75) is 13.8 Å². The van der Waals surface area contributed by atoms with Crippen LogP contribution < -0.4 is 5.32 Å². The maximum absolute atomic E-state index is 13.6. The van der Waals surface area contributed by atoms with E-state index < -0.39 is 17.5 Å². The molecular formula is C13H9F3N4. The molecule has 0 aliphatic heterocycles. The molecule has 102 valence electrons. The SMILES string of the molecule is Cc1nnc(Nc2ccc(F)c(F)c2F)c(C#N)c1C. The van der Waals surface area contributed by atoms with E-state index in [0.29, 0.717) is 11.3 Å². The summed E-state index contributed by atoms with van der Waals surface area (Å²) in [6.07, 6.45) is 0. The van der Waals surface area contributed by atoms with E-state index in [0.717, 1.165) is 12.1 Å². The molecule has 0 aliphatic carbocycles. The Morgan fingerprint density at radius 2 is 1.80 bits per heavy atom. The molecule has 0 fully saturated rings. The third-order valence-corrected chi connectivity index (χ3v) is 2.85. The van der Waals surface area contributed by atoms with Gasteiger partial charge in [-0.2, -0.15) is 10.4 Å². The van der Waals surface area contributed by atoms with Crippen LogP contribution in [0.5, 0.6) is 0 Å². The van der Waals surface area contributed by atoms with Gasteiger partial charge in [0.1, 0.15) is 11.6 Å². The first-order valence-corrected chi connectivity index (χ1v) is 5.60. The second-order valence-corrected chi connectivity index (χ2v) is 4.09. The molecule has 0 spiro atoms. The summed E-state index contributed by atoms with van der Waals surface area (Å²) in [5.74, 6) is -4.28. The van der Waals surface area contributed by atoms with Crippen LogP contribution in [0.3, 0.4) is 0 Å². The number of aromatic nitrogens is 2. The minimum atomic E-state index is -1.59. The lowest BCUT2D eigenvalue weighted by Crippen LogP contribution is -2.06. The Labute approximate surface area is 112 Å². The highest BCUT2D eigenvalue weighted by Crippen LogP contribution is 2.25. The Balaban J connectivity index is 2.49. The van der Waals surface area contributed by atoms with Crippen LogP contribution in [-0.4, -0.2) is 10.2 Å². The smallest absolute Gasteiger partial charge is 0.196 e. The van der Waals surface area contributed by atoms with E-state index in [1.54, 1.807) is 13.8 Å². The first kappa shape index (κ1) is 13.8. The second-order valence-electron chi connectivity index (χ2n) is 4.09. The number of anilines is 2. The minimum Gasteiger partial charge on any atom is -0.335 e. The average Bonchev–Trinajstić information content (AvgIpc) is 2.44. The number of aryl methyl sites for hydroxylation is 1. The van der Waals surface area contributed by atoms with Gasteiger partial charge < -0.3 is 5.32 Å². The molecule has 0 atom stereocenters. The molecule has 1 heterocycles. The highest BCUT2D eigenvalue weighted by Gasteiger charge is 2.16. The lowest BCUT2D eigenvalue weighted by atomic mass is 10.1. The molecule has 0 unspecified atom stereocenters. The molecule has 2 aromatic rings. The van der Waals surface area contributed by atoms with E-state index in [9.17, 15) is 13.2 Å². The maximum Gasteiger partial charge on any atom is 0.196 e. The highest BCUT2D eigenvalue weighted by molar-refractivity contribution is 5.64. The quantitative estimate of drug-likeness (QED) is 0.857. The summed E-state index contributed by atoms with van der Waals surface area (Å²) in [5.41, 5.74) is 0.977. The lowest BCUT2D eigenvalue weighted by molar-refractivity contribution is 0.449. The molecule has 1 aromatic heterocycles. The molecule has 0 saturated heterocycles. The predicted octanol–water partition coefficient (Wildman–Crippen LogP) is 3.13. The van der Waals surface area contributed by atoms with E-state index >= 15 is 0 Å². The Bertz CT molecular complexity index is 723. The summed E-state index contributed by atoms with van der Waals surface area (Å²) in [6, 6.07) is 3.71. The number of nitrogens with one attached hydrogen (secondary N) is 1. The summed E-state index contributed by atoms with van der Waals surface area (Å²) in [5, 5.41) is 19.1. The molecule has 4 nitrogen and oxygen atoms in total. The number of halogens is 3. The van der Waals surface area contributed by atoms with E-state index in [1.807, 2.05) is 6.07 Å². The first-order chi connectivity index (χ1) is 9.45. The third-order valence-electron chi connectivity index (χ3n) is 2.85. The van der Waals surface area contributed by atoms with Crippen LogP contribution in [0.1, 0.15) is 16.8 Å². The Morgan fingerprint density at radius 3 is 2.45 bits per heavy atom. The van der Waals surface area contributed by atoms with Gasteiger partial charge in [-0.3, -0.25) is 0 Å². The molecule has 0 amide bonds. The fourth-order valence-electron chi connectivity index (χ4n) is 1.58. The Kier molecular flexibility index (Phi) is 3.57. The van der Waals surface area contributed by atoms with Crippen LogP contribution in [0.25, 0.3) is 0 Å². The van der Waals surface area contributed by atoms with E-state index in [-0.39, 0.29) is 17.1 Å².